The lowest BCUT2D eigenvalue weighted by Crippen LogP contribution is -2.02. The molecule has 4 aromatic rings. The van der Waals surface area contributed by atoms with Crippen molar-refractivity contribution in [1.82, 2.24) is 0 Å². The second-order valence-electron chi connectivity index (χ2n) is 10.1. The molecule has 12 nitrogen and oxygen atoms in total. The normalized spacial score (nSPS) is 11.3. The second-order valence-corrected chi connectivity index (χ2v) is 11.4. The number of ether oxygens (including phenoxy) is 8. The Morgan fingerprint density at radius 2 is 0.694 bits per heavy atom. The fourth-order valence-electron chi connectivity index (χ4n) is 4.78. The van der Waals surface area contributed by atoms with Crippen LogP contribution in [0.1, 0.15) is 22.3 Å². The van der Waals surface area contributed by atoms with Crippen LogP contribution in [0.5, 0.6) is 57.5 Å². The van der Waals surface area contributed by atoms with Crippen LogP contribution in [0.25, 0.3) is 24.3 Å². The van der Waals surface area contributed by atoms with Gasteiger partial charge in [0.25, 0.3) is 0 Å². The van der Waals surface area contributed by atoms with E-state index >= 15 is 0 Å². The summed E-state index contributed by atoms with van der Waals surface area (Å²) in [6, 6.07) is 17.0. The molecule has 0 atom stereocenters. The van der Waals surface area contributed by atoms with E-state index in [9.17, 15) is 9.46 Å². The second kappa shape index (κ2) is 16.6. The molecule has 49 heavy (non-hydrogen) atoms. The highest BCUT2D eigenvalue weighted by molar-refractivity contribution is 7.48. The summed E-state index contributed by atoms with van der Waals surface area (Å²) in [6.07, 6.45) is 7.19. The zero-order valence-corrected chi connectivity index (χ0v) is 29.4. The summed E-state index contributed by atoms with van der Waals surface area (Å²) in [5.41, 5.74) is 2.80. The summed E-state index contributed by atoms with van der Waals surface area (Å²) in [5.74, 6) is 3.33. The fraction of sp³-hybridized carbons (Fsp3) is 0.222. The quantitative estimate of drug-likeness (QED) is 0.0913. The van der Waals surface area contributed by atoms with Crippen molar-refractivity contribution in [2.75, 3.05) is 56.9 Å². The number of hydrogen-bond donors (Lipinski definition) is 1. The molecule has 0 heterocycles. The maximum atomic E-state index is 13.4. The van der Waals surface area contributed by atoms with Crippen LogP contribution in [0.2, 0.25) is 0 Å². The molecular formula is C36H39O12P. The molecule has 0 aliphatic rings. The smallest absolute Gasteiger partial charge is 0.493 e. The molecule has 0 amide bonds. The number of phosphoric acid groups is 1. The molecule has 0 radical (unpaired) electrons. The minimum Gasteiger partial charge on any atom is -0.493 e. The molecule has 260 valence electrons. The zero-order chi connectivity index (χ0) is 35.6. The van der Waals surface area contributed by atoms with E-state index in [2.05, 4.69) is 0 Å². The first-order valence-electron chi connectivity index (χ1n) is 14.7. The topological polar surface area (TPSA) is 130 Å². The average molecular weight is 695 g/mol. The molecule has 1 N–H and O–H groups in total. The summed E-state index contributed by atoms with van der Waals surface area (Å²) in [6.45, 7) is 0. The van der Waals surface area contributed by atoms with E-state index in [0.717, 1.165) is 11.1 Å². The standard InChI is InChI=1S/C36H39O12P/c1-39-27-15-13-23(9-11-25-19-31(41-3)35(45-7)32(20-25)42-4)17-29(27)47-49(37,38)48-30-18-24(14-16-28(30)40-2)10-12-26-21-33(43-5)36(46-8)34(22-26)44-6/h9-22H,1-8H3,(H,37,38)/b11-9+,12-10+. The first-order chi connectivity index (χ1) is 23.6. The number of rotatable bonds is 16. The van der Waals surface area contributed by atoms with Crippen molar-refractivity contribution in [3.8, 4) is 57.5 Å². The van der Waals surface area contributed by atoms with Crippen LogP contribution in [0, 0.1) is 0 Å². The molecule has 0 bridgehead atoms. The van der Waals surface area contributed by atoms with Crippen molar-refractivity contribution >= 4 is 32.1 Å². The van der Waals surface area contributed by atoms with Gasteiger partial charge < -0.3 is 46.9 Å². The minimum absolute atomic E-state index is 0.0159. The van der Waals surface area contributed by atoms with Crippen molar-refractivity contribution in [2.24, 2.45) is 0 Å². The predicted molar refractivity (Wildman–Crippen MR) is 187 cm³/mol. The highest BCUT2D eigenvalue weighted by Gasteiger charge is 2.29. The molecule has 0 saturated heterocycles. The SMILES string of the molecule is COc1ccc(/C=C/c2cc(OC)c(OC)c(OC)c2)cc1OP(=O)(O)Oc1cc(/C=C/c2cc(OC)c(OC)c(OC)c2)ccc1OC. The highest BCUT2D eigenvalue weighted by Crippen LogP contribution is 2.49. The van der Waals surface area contributed by atoms with Gasteiger partial charge in [0.2, 0.25) is 11.5 Å². The van der Waals surface area contributed by atoms with Crippen LogP contribution < -0.4 is 46.9 Å². The van der Waals surface area contributed by atoms with Gasteiger partial charge in [0, 0.05) is 0 Å². The van der Waals surface area contributed by atoms with Gasteiger partial charge in [-0.25, -0.2) is 4.57 Å². The van der Waals surface area contributed by atoms with Gasteiger partial charge in [0.1, 0.15) is 0 Å². The van der Waals surface area contributed by atoms with Crippen LogP contribution in [0.4, 0.5) is 0 Å². The molecule has 0 saturated carbocycles. The number of benzene rings is 4. The Morgan fingerprint density at radius 1 is 0.408 bits per heavy atom. The third kappa shape index (κ3) is 8.92. The molecule has 0 aromatic heterocycles. The largest absolute Gasteiger partial charge is 0.585 e. The Labute approximate surface area is 285 Å². The van der Waals surface area contributed by atoms with Crippen molar-refractivity contribution in [3.63, 3.8) is 0 Å². The molecular weight excluding hydrogens is 655 g/mol. The Hall–Kier alpha value is -5.45. The lowest BCUT2D eigenvalue weighted by molar-refractivity contribution is 0.277. The van der Waals surface area contributed by atoms with Crippen LogP contribution in [0.3, 0.4) is 0 Å². The Balaban J connectivity index is 1.58. The van der Waals surface area contributed by atoms with E-state index in [1.807, 2.05) is 12.2 Å². The van der Waals surface area contributed by atoms with Gasteiger partial charge >= 0.3 is 7.82 Å². The Kier molecular flexibility index (Phi) is 12.3. The molecule has 0 fully saturated rings. The van der Waals surface area contributed by atoms with Crippen LogP contribution in [-0.2, 0) is 4.57 Å². The van der Waals surface area contributed by atoms with Crippen molar-refractivity contribution in [3.05, 3.63) is 82.9 Å². The first-order valence-corrected chi connectivity index (χ1v) is 16.2. The lowest BCUT2D eigenvalue weighted by Gasteiger charge is -2.18. The maximum Gasteiger partial charge on any atom is 0.585 e. The third-order valence-electron chi connectivity index (χ3n) is 7.11. The summed E-state index contributed by atoms with van der Waals surface area (Å²) in [4.78, 5) is 10.9. The average Bonchev–Trinajstić information content (AvgIpc) is 3.11. The summed E-state index contributed by atoms with van der Waals surface area (Å²) in [7, 11) is 7.27. The van der Waals surface area contributed by atoms with Crippen molar-refractivity contribution in [2.45, 2.75) is 0 Å². The predicted octanol–water partition coefficient (Wildman–Crippen LogP) is 7.65. The molecule has 13 heteroatoms. The van der Waals surface area contributed by atoms with Gasteiger partial charge in [-0.2, -0.15) is 0 Å². The van der Waals surface area contributed by atoms with E-state index in [1.54, 1.807) is 72.8 Å². The van der Waals surface area contributed by atoms with Gasteiger partial charge in [-0.3, -0.25) is 4.89 Å². The number of phosphoric ester groups is 1. The summed E-state index contributed by atoms with van der Waals surface area (Å²) in [5, 5.41) is 0. The number of methoxy groups -OCH3 is 8. The first kappa shape index (κ1) is 36.4. The van der Waals surface area contributed by atoms with Crippen LogP contribution in [-0.4, -0.2) is 61.8 Å². The fourth-order valence-corrected chi connectivity index (χ4v) is 5.60. The van der Waals surface area contributed by atoms with E-state index in [1.165, 1.54) is 56.9 Å². The Morgan fingerprint density at radius 3 is 0.980 bits per heavy atom. The maximum absolute atomic E-state index is 13.4. The van der Waals surface area contributed by atoms with E-state index in [0.29, 0.717) is 45.6 Å². The van der Waals surface area contributed by atoms with E-state index < -0.39 is 7.82 Å². The van der Waals surface area contributed by atoms with Gasteiger partial charge in [-0.1, -0.05) is 36.4 Å². The lowest BCUT2D eigenvalue weighted by atomic mass is 10.1. The number of hydrogen-bond acceptors (Lipinski definition) is 11. The van der Waals surface area contributed by atoms with Crippen molar-refractivity contribution in [1.29, 1.82) is 0 Å². The summed E-state index contributed by atoms with van der Waals surface area (Å²) >= 11 is 0. The molecule has 0 aliphatic heterocycles. The Bertz CT molecular complexity index is 1690. The third-order valence-corrected chi connectivity index (χ3v) is 7.97. The van der Waals surface area contributed by atoms with Crippen LogP contribution >= 0.6 is 7.82 Å². The van der Waals surface area contributed by atoms with Gasteiger partial charge in [0.15, 0.2) is 46.0 Å². The molecule has 4 aromatic carbocycles. The van der Waals surface area contributed by atoms with Gasteiger partial charge in [-0.15, -0.1) is 0 Å². The summed E-state index contributed by atoms with van der Waals surface area (Å²) < 4.78 is 67.7. The minimum atomic E-state index is -4.77. The zero-order valence-electron chi connectivity index (χ0n) is 28.5. The van der Waals surface area contributed by atoms with E-state index in [4.69, 9.17) is 46.9 Å². The molecule has 0 spiro atoms. The van der Waals surface area contributed by atoms with E-state index in [-0.39, 0.29) is 23.0 Å². The monoisotopic (exact) mass is 694 g/mol. The molecule has 4 rings (SSSR count). The highest BCUT2D eigenvalue weighted by atomic mass is 31.2. The van der Waals surface area contributed by atoms with Gasteiger partial charge in [-0.05, 0) is 70.8 Å². The molecule has 0 aliphatic carbocycles. The van der Waals surface area contributed by atoms with Crippen molar-refractivity contribution < 1.29 is 56.4 Å². The molecule has 0 unspecified atom stereocenters. The van der Waals surface area contributed by atoms with Crippen LogP contribution in [0.15, 0.2) is 60.7 Å². The van der Waals surface area contributed by atoms with Gasteiger partial charge in [0.05, 0.1) is 56.9 Å².